The molecule has 4 aliphatic heterocycles. The Balaban J connectivity index is 0.000000108. The molecule has 0 bridgehead atoms. The van der Waals surface area contributed by atoms with Crippen molar-refractivity contribution < 1.29 is 18.9 Å². The van der Waals surface area contributed by atoms with Gasteiger partial charge in [-0.2, -0.15) is 0 Å². The summed E-state index contributed by atoms with van der Waals surface area (Å²) in [6.07, 6.45) is 54.7. The zero-order chi connectivity index (χ0) is 95.5. The van der Waals surface area contributed by atoms with Gasteiger partial charge in [0.25, 0.3) is 0 Å². The van der Waals surface area contributed by atoms with E-state index in [-0.39, 0.29) is 27.8 Å². The van der Waals surface area contributed by atoms with Gasteiger partial charge in [-0.3, -0.25) is 20.0 Å². The van der Waals surface area contributed by atoms with Crippen molar-refractivity contribution in [1.29, 1.82) is 0 Å². The standard InChI is InChI=1S/C31H46N2O.2C31H44N2O.C31H42N2O/c4*1-29(2,3)34-22-12-14-30(4)21(17-22)7-9-24-26-11-10-25(31(26,5)15-13-27(24)30)19-6-8-23-20(16-19)18-33-28(23)32/h6,8,16,21-22,24-27H,7,9-15,17-18H2,1-5H3,(H2,32,33);6,8,10,16,21-22,24,26-27H,7,9,11-15,17-18H2,1-5H3,(H2,32,33);6-8,16,22,24-27H,9-15,17-18H2,1-5H3,(H2,32,33);6-8,10,16,22,24,26-27H,9,11-15,17-18H2,1-5H3,(H2,32,33)/t21-,22-,24-,25+,26-,27-,30-,31+;21-,22-,24-,26-,27-,30-,31+;22-,24-,25+,26-,27-,30-,31+;22-,24-,26-,27-,30-,31+/m0000/s1. The maximum Gasteiger partial charge on any atom is 0.126 e. The quantitative estimate of drug-likeness (QED) is 0.125. The van der Waals surface area contributed by atoms with Crippen molar-refractivity contribution in [1.82, 2.24) is 0 Å². The first-order valence-corrected chi connectivity index (χ1v) is 55.6. The lowest BCUT2D eigenvalue weighted by Crippen LogP contribution is -2.54. The van der Waals surface area contributed by atoms with E-state index >= 15 is 0 Å². The summed E-state index contributed by atoms with van der Waals surface area (Å²) in [5.41, 5.74) is 50.0. The maximum absolute atomic E-state index is 6.48. The van der Waals surface area contributed by atoms with E-state index in [4.69, 9.17) is 41.9 Å². The second-order valence-corrected chi connectivity index (χ2v) is 54.6. The van der Waals surface area contributed by atoms with Crippen molar-refractivity contribution in [3.63, 3.8) is 0 Å². The summed E-state index contributed by atoms with van der Waals surface area (Å²) >= 11 is 0. The molecule has 4 heterocycles. The number of nitrogens with two attached hydrogens (primary N) is 4. The van der Waals surface area contributed by atoms with Crippen LogP contribution in [0.4, 0.5) is 0 Å². The van der Waals surface area contributed by atoms with E-state index in [0.29, 0.717) is 85.8 Å². The molecule has 12 fully saturated rings. The fourth-order valence-electron chi connectivity index (χ4n) is 37.0. The second-order valence-electron chi connectivity index (χ2n) is 54.6. The summed E-state index contributed by atoms with van der Waals surface area (Å²) in [5.74, 6) is 16.2. The Kier molecular flexibility index (Phi) is 24.4. The molecule has 0 radical (unpaired) electrons. The predicted octanol–water partition coefficient (Wildman–Crippen LogP) is 28.5. The van der Waals surface area contributed by atoms with Gasteiger partial charge in [0.2, 0.25) is 0 Å². The number of nitrogens with zero attached hydrogens (tertiary/aromatic N) is 4. The fraction of sp³-hybridized carbons (Fsp3) is 0.710. The smallest absolute Gasteiger partial charge is 0.126 e. The minimum absolute atomic E-state index is 0.0173. The highest BCUT2D eigenvalue weighted by Gasteiger charge is 2.65. The van der Waals surface area contributed by atoms with Gasteiger partial charge in [0, 0.05) is 22.3 Å². The largest absolute Gasteiger partial charge is 0.383 e. The Morgan fingerprint density at radius 1 is 0.287 bits per heavy atom. The van der Waals surface area contributed by atoms with Gasteiger partial charge in [0.05, 0.1) is 73.0 Å². The second kappa shape index (κ2) is 34.7. The van der Waals surface area contributed by atoms with Crippen molar-refractivity contribution >= 4 is 34.5 Å². The van der Waals surface area contributed by atoms with E-state index in [0.717, 1.165) is 150 Å². The molecule has 4 aromatic carbocycles. The van der Waals surface area contributed by atoms with Gasteiger partial charge in [0.15, 0.2) is 0 Å². The minimum atomic E-state index is -0.0514. The normalized spacial score (nSPS) is 41.1. The number of benzene rings is 4. The number of fused-ring (bicyclic) bond motifs is 24. The first-order valence-electron chi connectivity index (χ1n) is 55.6. The van der Waals surface area contributed by atoms with Crippen LogP contribution >= 0.6 is 0 Å². The van der Waals surface area contributed by atoms with Crippen molar-refractivity contribution in [2.45, 2.75) is 429 Å². The molecule has 4 aromatic rings. The number of hydrogen-bond acceptors (Lipinski definition) is 12. The predicted molar refractivity (Wildman–Crippen MR) is 561 cm³/mol. The zero-order valence-electron chi connectivity index (χ0n) is 88.0. The first kappa shape index (κ1) is 95.7. The molecule has 0 spiro atoms. The highest BCUT2D eigenvalue weighted by atomic mass is 16.5. The van der Waals surface area contributed by atoms with E-state index < -0.39 is 0 Å². The van der Waals surface area contributed by atoms with Gasteiger partial charge in [-0.15, -0.1) is 0 Å². The fourth-order valence-corrected chi connectivity index (χ4v) is 37.0. The Morgan fingerprint density at radius 3 is 1.01 bits per heavy atom. The van der Waals surface area contributed by atoms with Crippen molar-refractivity contribution in [2.24, 2.45) is 169 Å². The molecule has 12 nitrogen and oxygen atoms in total. The van der Waals surface area contributed by atoms with E-state index in [1.54, 1.807) is 33.4 Å². The lowest BCUT2D eigenvalue weighted by molar-refractivity contribution is -0.152. The van der Waals surface area contributed by atoms with Crippen LogP contribution in [0, 0.1) is 126 Å². The van der Waals surface area contributed by atoms with E-state index in [1.165, 1.54) is 232 Å². The molecular formula is C124H176N8O4. The van der Waals surface area contributed by atoms with Crippen LogP contribution in [0.5, 0.6) is 0 Å². The topological polar surface area (TPSA) is 190 Å². The minimum Gasteiger partial charge on any atom is -0.383 e. The maximum atomic E-state index is 6.48. The molecule has 0 unspecified atom stereocenters. The SMILES string of the molecule is CC(C)(C)O[C@H]1CC[C@@]2(C)C(=CC[C@@H]3[C@@H]2CC[C@]2(C)C(c4ccc5c(c4)CN=C5N)=CC[C@@H]32)C1.CC(C)(C)O[C@H]1CC[C@@]2(C)C(=CC[C@H]3[C@@H]4CC[C@H](c5ccc6c(c5)CN=C6N)[C@@]4(C)CC[C@@H]32)C1.CC(C)(C)O[C@H]1CC[C@@]2(C)[C@@H](CC[C@@H]3[C@@H]2CC[C@]2(C)C(c4ccc5c(c4)CN=C5N)=CC[C@@H]32)C1.CC(C)(C)O[C@H]1CC[C@@]2(C)[C@@H](CC[C@@H]3[C@@H]2CC[C@]2(C)[C@@H](c4ccc5c(c4)CN=C5N)CC[C@@H]32)C1. The third-order valence-corrected chi connectivity index (χ3v) is 43.3. The average molecular weight is 1840 g/mol. The molecule has 28 atom stereocenters. The number of amidine groups is 4. The number of hydrogen-bond donors (Lipinski definition) is 4. The van der Waals surface area contributed by atoms with Crippen LogP contribution in [0.2, 0.25) is 0 Å². The summed E-state index contributed by atoms with van der Waals surface area (Å²) < 4.78 is 25.8. The Labute approximate surface area is 821 Å². The van der Waals surface area contributed by atoms with E-state index in [1.807, 2.05) is 0 Å². The molecule has 20 aliphatic rings. The highest BCUT2D eigenvalue weighted by Crippen LogP contribution is 2.74. The number of rotatable bonds is 8. The molecule has 0 saturated heterocycles. The third-order valence-electron chi connectivity index (χ3n) is 43.3. The Hall–Kier alpha value is -6.44. The van der Waals surface area contributed by atoms with Crippen LogP contribution in [-0.2, 0) is 45.1 Å². The number of ether oxygens (including phenoxy) is 4. The monoisotopic (exact) mass is 1840 g/mol. The van der Waals surface area contributed by atoms with Gasteiger partial charge in [-0.1, -0.05) is 152 Å². The Morgan fingerprint density at radius 2 is 0.603 bits per heavy atom. The lowest BCUT2D eigenvalue weighted by Gasteiger charge is -2.61. The van der Waals surface area contributed by atoms with Crippen LogP contribution in [0.3, 0.4) is 0 Å². The van der Waals surface area contributed by atoms with Gasteiger partial charge >= 0.3 is 0 Å². The molecule has 12 saturated carbocycles. The van der Waals surface area contributed by atoms with Crippen molar-refractivity contribution in [3.05, 3.63) is 175 Å². The molecule has 0 amide bonds. The Bertz CT molecular complexity index is 5410. The summed E-state index contributed by atoms with van der Waals surface area (Å²) in [6.45, 7) is 50.5. The van der Waals surface area contributed by atoms with Crippen molar-refractivity contribution in [2.75, 3.05) is 0 Å². The third kappa shape index (κ3) is 16.7. The number of aliphatic imine (C=N–C) groups is 4. The van der Waals surface area contributed by atoms with Gasteiger partial charge in [-0.05, 0) is 494 Å². The highest BCUT2D eigenvalue weighted by molar-refractivity contribution is 6.03. The average Bonchev–Trinajstić information content (AvgIpc) is 1.49. The molecule has 0 aromatic heterocycles. The molecule has 736 valence electrons. The summed E-state index contributed by atoms with van der Waals surface area (Å²) in [5, 5.41) is 0. The van der Waals surface area contributed by atoms with E-state index in [2.05, 4.69) is 256 Å². The molecule has 24 rings (SSSR count). The van der Waals surface area contributed by atoms with Gasteiger partial charge < -0.3 is 41.9 Å². The van der Waals surface area contributed by atoms with Crippen LogP contribution in [0.25, 0.3) is 11.1 Å². The summed E-state index contributed by atoms with van der Waals surface area (Å²) in [4.78, 5) is 17.9. The van der Waals surface area contributed by atoms with Gasteiger partial charge in [0.1, 0.15) is 23.3 Å². The first-order chi connectivity index (χ1) is 64.3. The lowest BCUT2D eigenvalue weighted by atomic mass is 9.44. The van der Waals surface area contributed by atoms with E-state index in [9.17, 15) is 0 Å². The molecule has 136 heavy (non-hydrogen) atoms. The van der Waals surface area contributed by atoms with Crippen molar-refractivity contribution in [3.8, 4) is 0 Å². The summed E-state index contributed by atoms with van der Waals surface area (Å²) in [6, 6.07) is 27.9. The summed E-state index contributed by atoms with van der Waals surface area (Å²) in [7, 11) is 0. The van der Waals surface area contributed by atoms with Crippen LogP contribution in [0.1, 0.15) is 423 Å². The molecule has 16 aliphatic carbocycles. The molecular weight excluding hydrogens is 1670 g/mol. The van der Waals surface area contributed by atoms with Crippen LogP contribution < -0.4 is 22.9 Å². The van der Waals surface area contributed by atoms with Crippen LogP contribution in [0.15, 0.2) is 128 Å². The van der Waals surface area contributed by atoms with Crippen LogP contribution in [-0.4, -0.2) is 70.2 Å². The molecule has 8 N–H and O–H groups in total. The molecule has 12 heteroatoms. The zero-order valence-corrected chi connectivity index (χ0v) is 88.0. The number of allylic oxidation sites excluding steroid dienone is 6. The van der Waals surface area contributed by atoms with Gasteiger partial charge in [-0.25, -0.2) is 0 Å².